The fraction of sp³-hybridized carbons (Fsp3) is 0.526. The Morgan fingerprint density at radius 1 is 1.07 bits per heavy atom. The van der Waals surface area contributed by atoms with Crippen LogP contribution in [0.4, 0.5) is 0 Å². The van der Waals surface area contributed by atoms with Crippen molar-refractivity contribution in [2.24, 2.45) is 0 Å². The van der Waals surface area contributed by atoms with Crippen LogP contribution in [0.25, 0.3) is 11.4 Å². The number of aromatic nitrogens is 2. The Morgan fingerprint density at radius 3 is 2.44 bits per heavy atom. The standard InChI is InChI=1S/C19H25N5O3/c1-25-16-5-4-15(14-17(16)26-2)19-21-18(27-22-19)6-9-24-12-10-23(11-13-24)8-3-7-20/h4-5,14H,3,6,8-13H2,1-2H3. The van der Waals surface area contributed by atoms with Crippen molar-refractivity contribution < 1.29 is 14.0 Å². The van der Waals surface area contributed by atoms with Gasteiger partial charge in [-0.15, -0.1) is 0 Å². The Bertz CT molecular complexity index is 778. The lowest BCUT2D eigenvalue weighted by atomic mass is 10.2. The molecule has 2 heterocycles. The van der Waals surface area contributed by atoms with Gasteiger partial charge in [0, 0.05) is 57.7 Å². The van der Waals surface area contributed by atoms with E-state index >= 15 is 0 Å². The molecule has 0 aliphatic carbocycles. The lowest BCUT2D eigenvalue weighted by Gasteiger charge is -2.33. The minimum Gasteiger partial charge on any atom is -0.493 e. The van der Waals surface area contributed by atoms with Gasteiger partial charge in [0.25, 0.3) is 0 Å². The first-order chi connectivity index (χ1) is 13.2. The summed E-state index contributed by atoms with van der Waals surface area (Å²) in [4.78, 5) is 9.23. The third-order valence-electron chi connectivity index (χ3n) is 4.76. The molecular weight excluding hydrogens is 346 g/mol. The van der Waals surface area contributed by atoms with Crippen molar-refractivity contribution in [3.63, 3.8) is 0 Å². The number of ether oxygens (including phenoxy) is 2. The molecule has 1 aliphatic rings. The minimum atomic E-state index is 0.548. The fourth-order valence-corrected chi connectivity index (χ4v) is 3.15. The predicted molar refractivity (Wildman–Crippen MR) is 99.7 cm³/mol. The van der Waals surface area contributed by atoms with Crippen molar-refractivity contribution in [2.45, 2.75) is 12.8 Å². The zero-order valence-corrected chi connectivity index (χ0v) is 15.8. The summed E-state index contributed by atoms with van der Waals surface area (Å²) in [7, 11) is 3.21. The molecule has 0 N–H and O–H groups in total. The molecule has 1 aliphatic heterocycles. The second-order valence-electron chi connectivity index (χ2n) is 6.42. The maximum absolute atomic E-state index is 8.68. The molecule has 1 fully saturated rings. The Morgan fingerprint density at radius 2 is 1.78 bits per heavy atom. The van der Waals surface area contributed by atoms with Crippen LogP contribution in [0.2, 0.25) is 0 Å². The van der Waals surface area contributed by atoms with Crippen molar-refractivity contribution in [2.75, 3.05) is 53.5 Å². The fourth-order valence-electron chi connectivity index (χ4n) is 3.15. The molecule has 1 aromatic carbocycles. The van der Waals surface area contributed by atoms with Gasteiger partial charge < -0.3 is 18.9 Å². The topological polar surface area (TPSA) is 87.7 Å². The van der Waals surface area contributed by atoms with E-state index < -0.39 is 0 Å². The van der Waals surface area contributed by atoms with Crippen molar-refractivity contribution in [3.8, 4) is 29.0 Å². The summed E-state index contributed by atoms with van der Waals surface area (Å²) < 4.78 is 16.0. The zero-order valence-electron chi connectivity index (χ0n) is 15.8. The lowest BCUT2D eigenvalue weighted by Crippen LogP contribution is -2.47. The molecule has 8 nitrogen and oxygen atoms in total. The zero-order chi connectivity index (χ0) is 19.1. The number of rotatable bonds is 8. The molecule has 0 radical (unpaired) electrons. The van der Waals surface area contributed by atoms with Crippen molar-refractivity contribution in [3.05, 3.63) is 24.1 Å². The summed E-state index contributed by atoms with van der Waals surface area (Å²) in [5.74, 6) is 2.48. The number of methoxy groups -OCH3 is 2. The third kappa shape index (κ3) is 4.96. The van der Waals surface area contributed by atoms with E-state index in [-0.39, 0.29) is 0 Å². The molecule has 8 heteroatoms. The smallest absolute Gasteiger partial charge is 0.228 e. The highest BCUT2D eigenvalue weighted by Crippen LogP contribution is 2.31. The second kappa shape index (κ2) is 9.35. The first kappa shape index (κ1) is 19.1. The number of benzene rings is 1. The highest BCUT2D eigenvalue weighted by Gasteiger charge is 2.18. The van der Waals surface area contributed by atoms with Gasteiger partial charge in [-0.05, 0) is 18.2 Å². The van der Waals surface area contributed by atoms with E-state index in [0.717, 1.165) is 51.3 Å². The maximum atomic E-state index is 8.68. The van der Waals surface area contributed by atoms with Crippen molar-refractivity contribution >= 4 is 0 Å². The number of hydrogen-bond acceptors (Lipinski definition) is 8. The molecule has 0 bridgehead atoms. The molecule has 1 saturated heterocycles. The van der Waals surface area contributed by atoms with Gasteiger partial charge in [-0.3, -0.25) is 4.90 Å². The largest absolute Gasteiger partial charge is 0.493 e. The molecule has 144 valence electrons. The van der Waals surface area contributed by atoms with Gasteiger partial charge in [0.1, 0.15) is 0 Å². The van der Waals surface area contributed by atoms with E-state index in [2.05, 4.69) is 26.0 Å². The van der Waals surface area contributed by atoms with Crippen LogP contribution in [0, 0.1) is 11.3 Å². The van der Waals surface area contributed by atoms with Crippen LogP contribution in [0.5, 0.6) is 11.5 Å². The Labute approximate surface area is 159 Å². The molecule has 0 unspecified atom stereocenters. The first-order valence-corrected chi connectivity index (χ1v) is 9.10. The van der Waals surface area contributed by atoms with Crippen LogP contribution in [-0.2, 0) is 6.42 Å². The van der Waals surface area contributed by atoms with Gasteiger partial charge in [-0.1, -0.05) is 5.16 Å². The molecule has 3 rings (SSSR count). The number of nitriles is 1. The summed E-state index contributed by atoms with van der Waals surface area (Å²) in [6.07, 6.45) is 1.32. The summed E-state index contributed by atoms with van der Waals surface area (Å²) in [6, 6.07) is 7.76. The number of piperazine rings is 1. The van der Waals surface area contributed by atoms with Gasteiger partial charge in [0.15, 0.2) is 11.5 Å². The van der Waals surface area contributed by atoms with Crippen LogP contribution >= 0.6 is 0 Å². The minimum absolute atomic E-state index is 0.548. The predicted octanol–water partition coefficient (Wildman–Crippen LogP) is 1.83. The quantitative estimate of drug-likeness (QED) is 0.694. The van der Waals surface area contributed by atoms with Crippen LogP contribution in [-0.4, -0.2) is 73.4 Å². The summed E-state index contributed by atoms with van der Waals surface area (Å²) in [5.41, 5.74) is 0.828. The Balaban J connectivity index is 1.52. The summed E-state index contributed by atoms with van der Waals surface area (Å²) in [5, 5.41) is 12.8. The van der Waals surface area contributed by atoms with Crippen LogP contribution in [0.3, 0.4) is 0 Å². The maximum Gasteiger partial charge on any atom is 0.228 e. The molecule has 1 aromatic heterocycles. The molecule has 0 saturated carbocycles. The highest BCUT2D eigenvalue weighted by molar-refractivity contribution is 5.60. The number of nitrogens with zero attached hydrogens (tertiary/aromatic N) is 5. The van der Waals surface area contributed by atoms with Crippen LogP contribution < -0.4 is 9.47 Å². The van der Waals surface area contributed by atoms with Gasteiger partial charge in [-0.2, -0.15) is 10.2 Å². The van der Waals surface area contributed by atoms with Gasteiger partial charge >= 0.3 is 0 Å². The molecule has 2 aromatic rings. The van der Waals surface area contributed by atoms with E-state index in [9.17, 15) is 0 Å². The van der Waals surface area contributed by atoms with Crippen LogP contribution in [0.1, 0.15) is 12.3 Å². The third-order valence-corrected chi connectivity index (χ3v) is 4.76. The van der Waals surface area contributed by atoms with E-state index in [1.54, 1.807) is 14.2 Å². The van der Waals surface area contributed by atoms with E-state index in [1.165, 1.54) is 0 Å². The van der Waals surface area contributed by atoms with E-state index in [0.29, 0.717) is 29.6 Å². The van der Waals surface area contributed by atoms with Gasteiger partial charge in [-0.25, -0.2) is 0 Å². The molecule has 0 atom stereocenters. The summed E-state index contributed by atoms with van der Waals surface area (Å²) >= 11 is 0. The second-order valence-corrected chi connectivity index (χ2v) is 6.42. The summed E-state index contributed by atoms with van der Waals surface area (Å²) in [6.45, 7) is 5.76. The van der Waals surface area contributed by atoms with Crippen LogP contribution in [0.15, 0.2) is 22.7 Å². The monoisotopic (exact) mass is 371 g/mol. The Kier molecular flexibility index (Phi) is 6.63. The normalized spacial score (nSPS) is 15.4. The Hall–Kier alpha value is -2.63. The molecule has 27 heavy (non-hydrogen) atoms. The van der Waals surface area contributed by atoms with Crippen molar-refractivity contribution in [1.29, 1.82) is 5.26 Å². The molecular formula is C19H25N5O3. The van der Waals surface area contributed by atoms with E-state index in [4.69, 9.17) is 19.3 Å². The van der Waals surface area contributed by atoms with Gasteiger partial charge in [0.2, 0.25) is 11.7 Å². The average molecular weight is 371 g/mol. The lowest BCUT2D eigenvalue weighted by molar-refractivity contribution is 0.133. The molecule has 0 spiro atoms. The average Bonchev–Trinajstić information content (AvgIpc) is 3.20. The number of hydrogen-bond donors (Lipinski definition) is 0. The van der Waals surface area contributed by atoms with Gasteiger partial charge in [0.05, 0.1) is 20.3 Å². The van der Waals surface area contributed by atoms with Crippen molar-refractivity contribution in [1.82, 2.24) is 19.9 Å². The molecule has 0 amide bonds. The SMILES string of the molecule is COc1ccc(-c2noc(CCN3CCN(CCC#N)CC3)n2)cc1OC. The first-order valence-electron chi connectivity index (χ1n) is 9.10. The van der Waals surface area contributed by atoms with E-state index in [1.807, 2.05) is 18.2 Å². The highest BCUT2D eigenvalue weighted by atomic mass is 16.5.